The summed E-state index contributed by atoms with van der Waals surface area (Å²) < 4.78 is 0. The molecule has 0 bridgehead atoms. The average Bonchev–Trinajstić information content (AvgIpc) is 2.39. The molecule has 1 aromatic carbocycles. The van der Waals surface area contributed by atoms with Gasteiger partial charge in [-0.05, 0) is 44.1 Å². The average molecular weight is 280 g/mol. The molecule has 0 aliphatic carbocycles. The van der Waals surface area contributed by atoms with Crippen molar-refractivity contribution in [3.63, 3.8) is 0 Å². The summed E-state index contributed by atoms with van der Waals surface area (Å²) in [6, 6.07) is 6.01. The first-order valence-corrected chi connectivity index (χ1v) is 6.75. The van der Waals surface area contributed by atoms with E-state index in [0.29, 0.717) is 18.1 Å². The van der Waals surface area contributed by atoms with Crippen molar-refractivity contribution in [2.75, 3.05) is 11.9 Å². The number of hydroxylamine groups is 2. The molecule has 0 amide bonds. The van der Waals surface area contributed by atoms with Gasteiger partial charge >= 0.3 is 5.97 Å². The Labute approximate surface area is 119 Å². The van der Waals surface area contributed by atoms with Crippen molar-refractivity contribution in [3.05, 3.63) is 29.3 Å². The van der Waals surface area contributed by atoms with E-state index in [9.17, 15) is 4.79 Å². The molecule has 1 rings (SSSR count). The molecular weight excluding hydrogens is 260 g/mol. The lowest BCUT2D eigenvalue weighted by molar-refractivity contribution is -0.171. The van der Waals surface area contributed by atoms with Crippen LogP contribution in [0.3, 0.4) is 0 Å². The van der Waals surface area contributed by atoms with Crippen LogP contribution in [-0.4, -0.2) is 22.7 Å². The molecule has 0 spiro atoms. The fourth-order valence-corrected chi connectivity index (χ4v) is 1.89. The summed E-state index contributed by atoms with van der Waals surface area (Å²) in [5, 5.41) is 4.93. The van der Waals surface area contributed by atoms with Crippen molar-refractivity contribution in [2.24, 2.45) is 0 Å². The number of benzene rings is 1. The molecule has 0 aromatic heterocycles. The van der Waals surface area contributed by atoms with Crippen LogP contribution in [0.4, 0.5) is 5.69 Å². The van der Waals surface area contributed by atoms with E-state index in [0.717, 1.165) is 16.8 Å². The van der Waals surface area contributed by atoms with E-state index in [1.807, 2.05) is 39.0 Å². The SMILES string of the molecule is CCC(=O)ON(CC)C(=S)Nc1c(C)cccc1C. The predicted octanol–water partition coefficient (Wildman–Crippen LogP) is 3.19. The number of aryl methyl sites for hydroxylation is 2. The Morgan fingerprint density at radius 1 is 1.32 bits per heavy atom. The first-order chi connectivity index (χ1) is 8.99. The Balaban J connectivity index is 2.80. The second-order valence-corrected chi connectivity index (χ2v) is 4.60. The third-order valence-electron chi connectivity index (χ3n) is 2.73. The summed E-state index contributed by atoms with van der Waals surface area (Å²) in [6.45, 7) is 8.14. The second kappa shape index (κ2) is 7.09. The third-order valence-corrected chi connectivity index (χ3v) is 3.03. The number of carbonyl (C=O) groups excluding carboxylic acids is 1. The number of anilines is 1. The lowest BCUT2D eigenvalue weighted by Gasteiger charge is -2.23. The largest absolute Gasteiger partial charge is 0.339 e. The number of nitrogens with one attached hydrogen (secondary N) is 1. The van der Waals surface area contributed by atoms with Crippen molar-refractivity contribution >= 4 is 29.0 Å². The highest BCUT2D eigenvalue weighted by molar-refractivity contribution is 7.80. The van der Waals surface area contributed by atoms with Gasteiger partial charge in [0.15, 0.2) is 0 Å². The maximum absolute atomic E-state index is 11.3. The van der Waals surface area contributed by atoms with Crippen LogP contribution in [0.2, 0.25) is 0 Å². The molecule has 0 radical (unpaired) electrons. The second-order valence-electron chi connectivity index (χ2n) is 4.21. The zero-order valence-corrected chi connectivity index (χ0v) is 12.6. The van der Waals surface area contributed by atoms with Crippen LogP contribution in [0.15, 0.2) is 18.2 Å². The van der Waals surface area contributed by atoms with E-state index in [1.165, 1.54) is 5.06 Å². The van der Waals surface area contributed by atoms with Gasteiger partial charge in [0, 0.05) is 12.1 Å². The molecule has 19 heavy (non-hydrogen) atoms. The summed E-state index contributed by atoms with van der Waals surface area (Å²) in [7, 11) is 0. The lowest BCUT2D eigenvalue weighted by Crippen LogP contribution is -2.36. The van der Waals surface area contributed by atoms with Gasteiger partial charge in [-0.3, -0.25) is 0 Å². The van der Waals surface area contributed by atoms with Crippen LogP contribution in [0.5, 0.6) is 0 Å². The minimum Gasteiger partial charge on any atom is -0.339 e. The van der Waals surface area contributed by atoms with Crippen LogP contribution in [-0.2, 0) is 9.63 Å². The molecule has 1 aromatic rings. The lowest BCUT2D eigenvalue weighted by atomic mass is 10.1. The maximum Gasteiger partial charge on any atom is 0.332 e. The zero-order chi connectivity index (χ0) is 14.4. The molecule has 0 saturated heterocycles. The standard InChI is InChI=1S/C14H20N2O2S/c1-5-12(17)18-16(6-2)14(19)15-13-10(3)8-7-9-11(13)4/h7-9H,5-6H2,1-4H3,(H,15,19). The Kier molecular flexibility index (Phi) is 5.76. The van der Waals surface area contributed by atoms with E-state index >= 15 is 0 Å². The molecule has 0 aliphatic heterocycles. The molecule has 1 N–H and O–H groups in total. The van der Waals surface area contributed by atoms with E-state index in [2.05, 4.69) is 5.32 Å². The van der Waals surface area contributed by atoms with Crippen LogP contribution in [0, 0.1) is 13.8 Å². The molecule has 104 valence electrons. The van der Waals surface area contributed by atoms with E-state index in [4.69, 9.17) is 17.1 Å². The Bertz CT molecular complexity index is 454. The Hall–Kier alpha value is -1.62. The maximum atomic E-state index is 11.3. The molecule has 4 nitrogen and oxygen atoms in total. The van der Waals surface area contributed by atoms with Crippen molar-refractivity contribution in [1.82, 2.24) is 5.06 Å². The monoisotopic (exact) mass is 280 g/mol. The minimum absolute atomic E-state index is 0.299. The summed E-state index contributed by atoms with van der Waals surface area (Å²) in [4.78, 5) is 16.5. The number of hydrogen-bond donors (Lipinski definition) is 1. The van der Waals surface area contributed by atoms with Crippen LogP contribution in [0.1, 0.15) is 31.4 Å². The number of rotatable bonds is 3. The summed E-state index contributed by atoms with van der Waals surface area (Å²) in [6.07, 6.45) is 0.322. The van der Waals surface area contributed by atoms with Crippen molar-refractivity contribution in [3.8, 4) is 0 Å². The van der Waals surface area contributed by atoms with E-state index < -0.39 is 0 Å². The van der Waals surface area contributed by atoms with Gasteiger partial charge in [-0.2, -0.15) is 5.06 Å². The molecule has 0 heterocycles. The quantitative estimate of drug-likeness (QED) is 0.680. The molecular formula is C14H20N2O2S. The summed E-state index contributed by atoms with van der Waals surface area (Å²) >= 11 is 5.28. The number of hydrogen-bond acceptors (Lipinski definition) is 3. The number of carbonyl (C=O) groups is 1. The molecule has 0 saturated carbocycles. The van der Waals surface area contributed by atoms with Gasteiger partial charge in [-0.1, -0.05) is 25.1 Å². The fourth-order valence-electron chi connectivity index (χ4n) is 1.62. The number of nitrogens with zero attached hydrogens (tertiary/aromatic N) is 1. The fraction of sp³-hybridized carbons (Fsp3) is 0.429. The van der Waals surface area contributed by atoms with Gasteiger partial charge in [-0.15, -0.1) is 0 Å². The van der Waals surface area contributed by atoms with Crippen LogP contribution >= 0.6 is 12.2 Å². The topological polar surface area (TPSA) is 41.6 Å². The highest BCUT2D eigenvalue weighted by atomic mass is 32.1. The first-order valence-electron chi connectivity index (χ1n) is 6.35. The summed E-state index contributed by atoms with van der Waals surface area (Å²) in [5.41, 5.74) is 3.15. The normalized spacial score (nSPS) is 9.89. The number of thiocarbonyl (C=S) groups is 1. The summed E-state index contributed by atoms with van der Waals surface area (Å²) in [5.74, 6) is -0.299. The first kappa shape index (κ1) is 15.4. The van der Waals surface area contributed by atoms with Crippen LogP contribution in [0.25, 0.3) is 0 Å². The van der Waals surface area contributed by atoms with Gasteiger partial charge in [0.2, 0.25) is 5.11 Å². The zero-order valence-electron chi connectivity index (χ0n) is 11.8. The Morgan fingerprint density at radius 2 is 1.89 bits per heavy atom. The van der Waals surface area contributed by atoms with Gasteiger partial charge in [0.05, 0.1) is 6.54 Å². The van der Waals surface area contributed by atoms with Crippen molar-refractivity contribution in [2.45, 2.75) is 34.1 Å². The van der Waals surface area contributed by atoms with Gasteiger partial charge in [0.1, 0.15) is 0 Å². The number of para-hydroxylation sites is 1. The van der Waals surface area contributed by atoms with E-state index in [1.54, 1.807) is 6.92 Å². The highest BCUT2D eigenvalue weighted by Gasteiger charge is 2.14. The van der Waals surface area contributed by atoms with Crippen LogP contribution < -0.4 is 5.32 Å². The molecule has 0 atom stereocenters. The smallest absolute Gasteiger partial charge is 0.332 e. The third kappa shape index (κ3) is 4.21. The molecule has 0 unspecified atom stereocenters. The van der Waals surface area contributed by atoms with Gasteiger partial charge in [0.25, 0.3) is 0 Å². The highest BCUT2D eigenvalue weighted by Crippen LogP contribution is 2.20. The Morgan fingerprint density at radius 3 is 2.37 bits per heavy atom. The van der Waals surface area contributed by atoms with Gasteiger partial charge in [-0.25, -0.2) is 4.79 Å². The van der Waals surface area contributed by atoms with Crippen molar-refractivity contribution in [1.29, 1.82) is 0 Å². The molecule has 5 heteroatoms. The van der Waals surface area contributed by atoms with E-state index in [-0.39, 0.29) is 5.97 Å². The minimum atomic E-state index is -0.299. The van der Waals surface area contributed by atoms with Crippen molar-refractivity contribution < 1.29 is 9.63 Å². The van der Waals surface area contributed by atoms with Gasteiger partial charge < -0.3 is 10.2 Å². The molecule has 0 fully saturated rings. The predicted molar refractivity (Wildman–Crippen MR) is 80.9 cm³/mol. The molecule has 0 aliphatic rings.